The molecule has 0 unspecified atom stereocenters. The number of carboxylic acids is 1. The maximum atomic E-state index is 12.4. The van der Waals surface area contributed by atoms with Gasteiger partial charge < -0.3 is 9.84 Å². The first-order valence-electron chi connectivity index (χ1n) is 6.20. The molecule has 0 saturated carbocycles. The summed E-state index contributed by atoms with van der Waals surface area (Å²) in [6.07, 6.45) is -0.259. The quantitative estimate of drug-likeness (QED) is 0.760. The highest BCUT2D eigenvalue weighted by molar-refractivity contribution is 7.16. The Labute approximate surface area is 127 Å². The average molecular weight is 318 g/mol. The molecule has 9 heteroatoms. The molecule has 3 aromatic rings. The van der Waals surface area contributed by atoms with Crippen molar-refractivity contribution in [3.8, 4) is 17.0 Å². The Balaban J connectivity index is 2.08. The van der Waals surface area contributed by atoms with E-state index in [0.29, 0.717) is 16.3 Å². The normalized spacial score (nSPS) is 10.8. The standard InChI is InChI=1S/C13H10N4O4S/c1-21-8-4-2-7(3-5-8)11-12(20)17-13(15-14-11)22-9(16-17)6-10(18)19/h2-5H,6H2,1H3,(H,18,19). The molecule has 2 heterocycles. The van der Waals surface area contributed by atoms with Gasteiger partial charge in [-0.05, 0) is 24.3 Å². The van der Waals surface area contributed by atoms with E-state index in [2.05, 4.69) is 15.3 Å². The lowest BCUT2D eigenvalue weighted by Crippen LogP contribution is -2.19. The summed E-state index contributed by atoms with van der Waals surface area (Å²) in [7, 11) is 1.55. The fourth-order valence-corrected chi connectivity index (χ4v) is 2.71. The van der Waals surface area contributed by atoms with Crippen molar-refractivity contribution in [2.24, 2.45) is 0 Å². The van der Waals surface area contributed by atoms with E-state index < -0.39 is 11.5 Å². The molecule has 0 atom stereocenters. The highest BCUT2D eigenvalue weighted by atomic mass is 32.1. The van der Waals surface area contributed by atoms with Crippen LogP contribution in [0.5, 0.6) is 5.75 Å². The number of carbonyl (C=O) groups is 1. The summed E-state index contributed by atoms with van der Waals surface area (Å²) in [5, 5.41) is 20.9. The van der Waals surface area contributed by atoms with Crippen LogP contribution in [0.4, 0.5) is 0 Å². The Morgan fingerprint density at radius 1 is 1.32 bits per heavy atom. The molecule has 0 amide bonds. The number of aliphatic carboxylic acids is 1. The van der Waals surface area contributed by atoms with Gasteiger partial charge in [0.2, 0.25) is 4.96 Å². The smallest absolute Gasteiger partial charge is 0.310 e. The lowest BCUT2D eigenvalue weighted by molar-refractivity contribution is -0.136. The summed E-state index contributed by atoms with van der Waals surface area (Å²) in [6, 6.07) is 6.81. The van der Waals surface area contributed by atoms with Gasteiger partial charge in [-0.1, -0.05) is 11.3 Å². The molecule has 0 aliphatic rings. The van der Waals surface area contributed by atoms with Gasteiger partial charge in [0.1, 0.15) is 10.8 Å². The predicted molar refractivity (Wildman–Crippen MR) is 78.3 cm³/mol. The molecule has 0 fully saturated rings. The Kier molecular flexibility index (Phi) is 3.55. The average Bonchev–Trinajstić information content (AvgIpc) is 2.90. The van der Waals surface area contributed by atoms with Crippen molar-refractivity contribution < 1.29 is 14.6 Å². The lowest BCUT2D eigenvalue weighted by atomic mass is 10.1. The van der Waals surface area contributed by atoms with E-state index >= 15 is 0 Å². The van der Waals surface area contributed by atoms with Crippen molar-refractivity contribution in [3.05, 3.63) is 39.6 Å². The van der Waals surface area contributed by atoms with E-state index in [-0.39, 0.29) is 17.1 Å². The maximum absolute atomic E-state index is 12.4. The summed E-state index contributed by atoms with van der Waals surface area (Å²) in [4.78, 5) is 23.4. The van der Waals surface area contributed by atoms with E-state index in [0.717, 1.165) is 15.9 Å². The first-order valence-corrected chi connectivity index (χ1v) is 7.02. The van der Waals surface area contributed by atoms with E-state index in [4.69, 9.17) is 9.84 Å². The molecule has 1 aromatic carbocycles. The largest absolute Gasteiger partial charge is 0.497 e. The van der Waals surface area contributed by atoms with Crippen LogP contribution < -0.4 is 10.3 Å². The summed E-state index contributed by atoms with van der Waals surface area (Å²) >= 11 is 1.03. The summed E-state index contributed by atoms with van der Waals surface area (Å²) in [6.45, 7) is 0. The number of methoxy groups -OCH3 is 1. The van der Waals surface area contributed by atoms with Crippen LogP contribution in [-0.4, -0.2) is 38.0 Å². The molecule has 1 N–H and O–H groups in total. The number of ether oxygens (including phenoxy) is 1. The first kappa shape index (κ1) is 14.1. The number of benzene rings is 1. The van der Waals surface area contributed by atoms with Crippen molar-refractivity contribution >= 4 is 22.3 Å². The van der Waals surface area contributed by atoms with Gasteiger partial charge in [-0.3, -0.25) is 9.59 Å². The SMILES string of the molecule is COc1ccc(-c2nnc3sc(CC(=O)O)nn3c2=O)cc1. The second kappa shape index (κ2) is 5.53. The van der Waals surface area contributed by atoms with Crippen LogP contribution in [0.15, 0.2) is 29.1 Å². The number of rotatable bonds is 4. The van der Waals surface area contributed by atoms with E-state index in [1.165, 1.54) is 0 Å². The van der Waals surface area contributed by atoms with Crippen LogP contribution in [0.2, 0.25) is 0 Å². The van der Waals surface area contributed by atoms with E-state index in [1.54, 1.807) is 31.4 Å². The highest BCUT2D eigenvalue weighted by Crippen LogP contribution is 2.18. The molecule has 0 spiro atoms. The Morgan fingerprint density at radius 2 is 2.05 bits per heavy atom. The zero-order valence-electron chi connectivity index (χ0n) is 11.4. The number of aromatic nitrogens is 4. The van der Waals surface area contributed by atoms with E-state index in [1.807, 2.05) is 0 Å². The van der Waals surface area contributed by atoms with Gasteiger partial charge in [-0.25, -0.2) is 0 Å². The fraction of sp³-hybridized carbons (Fsp3) is 0.154. The van der Waals surface area contributed by atoms with Crippen LogP contribution >= 0.6 is 11.3 Å². The minimum atomic E-state index is -1.02. The topological polar surface area (TPSA) is 107 Å². The van der Waals surface area contributed by atoms with Crippen LogP contribution in [0.25, 0.3) is 16.2 Å². The molecular weight excluding hydrogens is 308 g/mol. The van der Waals surface area contributed by atoms with E-state index in [9.17, 15) is 9.59 Å². The molecule has 0 bridgehead atoms. The maximum Gasteiger partial charge on any atom is 0.310 e. The zero-order valence-corrected chi connectivity index (χ0v) is 12.2. The van der Waals surface area contributed by atoms with Crippen LogP contribution in [-0.2, 0) is 11.2 Å². The first-order chi connectivity index (χ1) is 10.6. The van der Waals surface area contributed by atoms with Gasteiger partial charge >= 0.3 is 11.5 Å². The second-order valence-corrected chi connectivity index (χ2v) is 5.38. The highest BCUT2D eigenvalue weighted by Gasteiger charge is 2.14. The van der Waals surface area contributed by atoms with Gasteiger partial charge in [0.25, 0.3) is 0 Å². The molecular formula is C13H10N4O4S. The summed E-state index contributed by atoms with van der Waals surface area (Å²) in [5.74, 6) is -0.356. The van der Waals surface area contributed by atoms with Crippen molar-refractivity contribution in [2.75, 3.05) is 7.11 Å². The van der Waals surface area contributed by atoms with Gasteiger partial charge in [0.05, 0.1) is 13.5 Å². The molecule has 8 nitrogen and oxygen atoms in total. The molecule has 0 aliphatic carbocycles. The van der Waals surface area contributed by atoms with Gasteiger partial charge in [0.15, 0.2) is 5.69 Å². The number of fused-ring (bicyclic) bond motifs is 1. The lowest BCUT2D eigenvalue weighted by Gasteiger charge is -2.01. The molecule has 0 saturated heterocycles. The Bertz CT molecular complexity index is 901. The van der Waals surface area contributed by atoms with Crippen LogP contribution in [0.3, 0.4) is 0 Å². The Hall–Kier alpha value is -2.81. The number of carboxylic acid groups (broad SMARTS) is 1. The monoisotopic (exact) mass is 318 g/mol. The number of nitrogens with zero attached hydrogens (tertiary/aromatic N) is 4. The van der Waals surface area contributed by atoms with Gasteiger partial charge in [-0.2, -0.15) is 9.61 Å². The van der Waals surface area contributed by atoms with Gasteiger partial charge in [0, 0.05) is 5.56 Å². The number of hydrogen-bond acceptors (Lipinski definition) is 7. The summed E-state index contributed by atoms with van der Waals surface area (Å²) in [5.41, 5.74) is 0.288. The molecule has 3 rings (SSSR count). The van der Waals surface area contributed by atoms with Crippen LogP contribution in [0.1, 0.15) is 5.01 Å². The predicted octanol–water partition coefficient (Wildman–Crippen LogP) is 0.849. The second-order valence-electron chi connectivity index (χ2n) is 4.34. The molecule has 0 radical (unpaired) electrons. The molecule has 22 heavy (non-hydrogen) atoms. The third kappa shape index (κ3) is 2.53. The minimum absolute atomic E-state index is 0.146. The Morgan fingerprint density at radius 3 is 2.68 bits per heavy atom. The van der Waals surface area contributed by atoms with Crippen molar-refractivity contribution in [1.29, 1.82) is 0 Å². The van der Waals surface area contributed by atoms with Crippen molar-refractivity contribution in [2.45, 2.75) is 6.42 Å². The fourth-order valence-electron chi connectivity index (χ4n) is 1.89. The van der Waals surface area contributed by atoms with Gasteiger partial charge in [-0.15, -0.1) is 10.2 Å². The minimum Gasteiger partial charge on any atom is -0.497 e. The van der Waals surface area contributed by atoms with Crippen molar-refractivity contribution in [1.82, 2.24) is 19.8 Å². The third-order valence-corrected chi connectivity index (χ3v) is 3.80. The summed E-state index contributed by atoms with van der Waals surface area (Å²) < 4.78 is 6.14. The number of hydrogen-bond donors (Lipinski definition) is 1. The van der Waals surface area contributed by atoms with Crippen molar-refractivity contribution in [3.63, 3.8) is 0 Å². The van der Waals surface area contributed by atoms with Crippen LogP contribution in [0, 0.1) is 0 Å². The molecule has 112 valence electrons. The zero-order chi connectivity index (χ0) is 15.7. The molecule has 2 aromatic heterocycles. The third-order valence-electron chi connectivity index (χ3n) is 2.90. The molecule has 0 aliphatic heterocycles.